The normalized spacial score (nSPS) is 10.1. The van der Waals surface area contributed by atoms with Gasteiger partial charge in [-0.1, -0.05) is 30.3 Å². The number of halogens is 1. The summed E-state index contributed by atoms with van der Waals surface area (Å²) >= 11 is 5.80. The Hall–Kier alpha value is -2.00. The number of rotatable bonds is 4. The van der Waals surface area contributed by atoms with E-state index < -0.39 is 0 Å². The van der Waals surface area contributed by atoms with Crippen LogP contribution >= 0.6 is 11.6 Å². The van der Waals surface area contributed by atoms with E-state index in [1.807, 2.05) is 61.5 Å². The number of amides is 2. The third-order valence-electron chi connectivity index (χ3n) is 2.89. The molecule has 0 spiro atoms. The Labute approximate surface area is 124 Å². The number of aryl methyl sites for hydroxylation is 1. The van der Waals surface area contributed by atoms with Crippen LogP contribution in [0.15, 0.2) is 54.6 Å². The molecule has 0 fully saturated rings. The average molecular weight is 289 g/mol. The van der Waals surface area contributed by atoms with Crippen LogP contribution in [0.25, 0.3) is 0 Å². The number of carbonyl (C=O) groups is 1. The monoisotopic (exact) mass is 288 g/mol. The Morgan fingerprint density at radius 3 is 2.55 bits per heavy atom. The number of anilines is 2. The molecule has 2 aromatic rings. The highest BCUT2D eigenvalue weighted by atomic mass is 35.5. The van der Waals surface area contributed by atoms with E-state index in [4.69, 9.17) is 11.6 Å². The number of nitrogens with one attached hydrogen (secondary N) is 1. The summed E-state index contributed by atoms with van der Waals surface area (Å²) in [6.45, 7) is 2.45. The van der Waals surface area contributed by atoms with Gasteiger partial charge in [-0.3, -0.25) is 4.90 Å². The molecule has 3 nitrogen and oxygen atoms in total. The molecular formula is C16H17ClN2O. The average Bonchev–Trinajstić information content (AvgIpc) is 2.45. The van der Waals surface area contributed by atoms with Gasteiger partial charge in [0.1, 0.15) is 0 Å². The molecule has 4 heteroatoms. The zero-order chi connectivity index (χ0) is 14.4. The fourth-order valence-corrected chi connectivity index (χ4v) is 2.12. The first-order valence-electron chi connectivity index (χ1n) is 6.47. The van der Waals surface area contributed by atoms with Gasteiger partial charge < -0.3 is 5.32 Å². The van der Waals surface area contributed by atoms with Crippen molar-refractivity contribution in [1.82, 2.24) is 0 Å². The van der Waals surface area contributed by atoms with E-state index in [2.05, 4.69) is 5.32 Å². The first kappa shape index (κ1) is 14.4. The standard InChI is InChI=1S/C16H17ClN2O/c1-13-6-5-7-14(12-13)18-16(20)19(11-10-17)15-8-3-2-4-9-15/h2-9,12H,10-11H2,1H3,(H,18,20). The molecule has 0 radical (unpaired) electrons. The molecule has 0 aliphatic carbocycles. The third-order valence-corrected chi connectivity index (χ3v) is 3.06. The number of benzene rings is 2. The molecule has 0 bridgehead atoms. The van der Waals surface area contributed by atoms with Crippen LogP contribution in [-0.4, -0.2) is 18.5 Å². The van der Waals surface area contributed by atoms with Crippen LogP contribution in [0, 0.1) is 6.92 Å². The molecule has 0 unspecified atom stereocenters. The minimum Gasteiger partial charge on any atom is -0.308 e. The van der Waals surface area contributed by atoms with Gasteiger partial charge in [0.15, 0.2) is 0 Å². The smallest absolute Gasteiger partial charge is 0.308 e. The highest BCUT2D eigenvalue weighted by molar-refractivity contribution is 6.18. The van der Waals surface area contributed by atoms with Crippen molar-refractivity contribution in [2.24, 2.45) is 0 Å². The van der Waals surface area contributed by atoms with Crippen LogP contribution in [-0.2, 0) is 0 Å². The lowest BCUT2D eigenvalue weighted by Gasteiger charge is -2.22. The van der Waals surface area contributed by atoms with Crippen molar-refractivity contribution in [3.63, 3.8) is 0 Å². The molecule has 104 valence electrons. The van der Waals surface area contributed by atoms with Gasteiger partial charge in [-0.15, -0.1) is 11.6 Å². The quantitative estimate of drug-likeness (QED) is 0.837. The Balaban J connectivity index is 2.15. The van der Waals surface area contributed by atoms with Crippen molar-refractivity contribution in [2.45, 2.75) is 6.92 Å². The summed E-state index contributed by atoms with van der Waals surface area (Å²) in [5.41, 5.74) is 2.72. The lowest BCUT2D eigenvalue weighted by molar-refractivity contribution is 0.257. The van der Waals surface area contributed by atoms with Crippen molar-refractivity contribution in [1.29, 1.82) is 0 Å². The summed E-state index contributed by atoms with van der Waals surface area (Å²) in [6, 6.07) is 17.0. The van der Waals surface area contributed by atoms with Crippen molar-refractivity contribution in [3.05, 3.63) is 60.2 Å². The summed E-state index contributed by atoms with van der Waals surface area (Å²) in [5, 5.41) is 2.89. The minimum absolute atomic E-state index is 0.178. The van der Waals surface area contributed by atoms with E-state index in [1.54, 1.807) is 4.90 Å². The van der Waals surface area contributed by atoms with Crippen LogP contribution in [0.1, 0.15) is 5.56 Å². The van der Waals surface area contributed by atoms with Crippen molar-refractivity contribution >= 4 is 29.0 Å². The second-order valence-corrected chi connectivity index (χ2v) is 4.85. The van der Waals surface area contributed by atoms with Gasteiger partial charge in [0.25, 0.3) is 0 Å². The lowest BCUT2D eigenvalue weighted by Crippen LogP contribution is -2.36. The molecule has 2 rings (SSSR count). The molecule has 0 atom stereocenters. The second kappa shape index (κ2) is 6.96. The molecule has 2 amide bonds. The Morgan fingerprint density at radius 2 is 1.90 bits per heavy atom. The molecule has 0 aromatic heterocycles. The van der Waals surface area contributed by atoms with Crippen molar-refractivity contribution < 1.29 is 4.79 Å². The van der Waals surface area contributed by atoms with Crippen LogP contribution < -0.4 is 10.2 Å². The topological polar surface area (TPSA) is 32.3 Å². The summed E-state index contributed by atoms with van der Waals surface area (Å²) < 4.78 is 0. The number of carbonyl (C=O) groups excluding carboxylic acids is 1. The van der Waals surface area contributed by atoms with Crippen LogP contribution in [0.3, 0.4) is 0 Å². The molecule has 1 N–H and O–H groups in total. The largest absolute Gasteiger partial charge is 0.326 e. The van der Waals surface area contributed by atoms with Gasteiger partial charge in [-0.05, 0) is 36.8 Å². The Kier molecular flexibility index (Phi) is 5.02. The summed E-state index contributed by atoms with van der Waals surface area (Å²) in [4.78, 5) is 14.0. The van der Waals surface area contributed by atoms with Crippen molar-refractivity contribution in [3.8, 4) is 0 Å². The number of hydrogen-bond donors (Lipinski definition) is 1. The number of para-hydroxylation sites is 1. The van der Waals surface area contributed by atoms with Gasteiger partial charge in [0.2, 0.25) is 0 Å². The molecule has 0 saturated carbocycles. The zero-order valence-electron chi connectivity index (χ0n) is 11.3. The van der Waals surface area contributed by atoms with Gasteiger partial charge in [0, 0.05) is 23.8 Å². The van der Waals surface area contributed by atoms with Crippen LogP contribution in [0.5, 0.6) is 0 Å². The highest BCUT2D eigenvalue weighted by Crippen LogP contribution is 2.16. The van der Waals surface area contributed by atoms with Crippen LogP contribution in [0.2, 0.25) is 0 Å². The van der Waals surface area contributed by atoms with Crippen molar-refractivity contribution in [2.75, 3.05) is 22.6 Å². The highest BCUT2D eigenvalue weighted by Gasteiger charge is 2.14. The van der Waals surface area contributed by atoms with Gasteiger partial charge >= 0.3 is 6.03 Å². The van der Waals surface area contributed by atoms with Crippen LogP contribution in [0.4, 0.5) is 16.2 Å². The number of urea groups is 1. The molecule has 2 aromatic carbocycles. The second-order valence-electron chi connectivity index (χ2n) is 4.48. The predicted octanol–water partition coefficient (Wildman–Crippen LogP) is 4.27. The van der Waals surface area contributed by atoms with E-state index in [9.17, 15) is 4.79 Å². The SMILES string of the molecule is Cc1cccc(NC(=O)N(CCCl)c2ccccc2)c1. The lowest BCUT2D eigenvalue weighted by atomic mass is 10.2. The first-order valence-corrected chi connectivity index (χ1v) is 7.00. The fraction of sp³-hybridized carbons (Fsp3) is 0.188. The third kappa shape index (κ3) is 3.75. The molecule has 0 aliphatic rings. The molecule has 0 aliphatic heterocycles. The molecule has 0 heterocycles. The van der Waals surface area contributed by atoms with E-state index in [-0.39, 0.29) is 6.03 Å². The minimum atomic E-state index is -0.178. The van der Waals surface area contributed by atoms with E-state index in [0.717, 1.165) is 16.9 Å². The summed E-state index contributed by atoms with van der Waals surface area (Å²) in [5.74, 6) is 0.385. The first-order chi connectivity index (χ1) is 9.70. The van der Waals surface area contributed by atoms with Gasteiger partial charge in [-0.2, -0.15) is 0 Å². The van der Waals surface area contributed by atoms with Gasteiger partial charge in [0.05, 0.1) is 0 Å². The van der Waals surface area contributed by atoms with E-state index in [0.29, 0.717) is 12.4 Å². The van der Waals surface area contributed by atoms with Gasteiger partial charge in [-0.25, -0.2) is 4.79 Å². The zero-order valence-corrected chi connectivity index (χ0v) is 12.1. The maximum atomic E-state index is 12.4. The molecule has 0 saturated heterocycles. The molecule has 20 heavy (non-hydrogen) atoms. The maximum Gasteiger partial charge on any atom is 0.326 e. The summed E-state index contributed by atoms with van der Waals surface area (Å²) in [7, 11) is 0. The maximum absolute atomic E-state index is 12.4. The molecular weight excluding hydrogens is 272 g/mol. The number of hydrogen-bond acceptors (Lipinski definition) is 1. The Bertz CT molecular complexity index is 572. The van der Waals surface area contributed by atoms with E-state index >= 15 is 0 Å². The fourth-order valence-electron chi connectivity index (χ4n) is 1.95. The predicted molar refractivity (Wildman–Crippen MR) is 84.7 cm³/mol. The Morgan fingerprint density at radius 1 is 1.15 bits per heavy atom. The number of nitrogens with zero attached hydrogens (tertiary/aromatic N) is 1. The summed E-state index contributed by atoms with van der Waals surface area (Å²) in [6.07, 6.45) is 0. The van der Waals surface area contributed by atoms with E-state index in [1.165, 1.54) is 0 Å². The number of alkyl halides is 1.